The largest absolute Gasteiger partial charge is 0.508 e. The molecule has 19 heavy (non-hydrogen) atoms. The Balaban J connectivity index is 2.33. The maximum Gasteiger partial charge on any atom is 0.323 e. The Hall–Kier alpha value is -1.62. The molecule has 0 radical (unpaired) electrons. The summed E-state index contributed by atoms with van der Waals surface area (Å²) in [6, 6.07) is 3.64. The van der Waals surface area contributed by atoms with Crippen molar-refractivity contribution >= 4 is 5.97 Å². The smallest absolute Gasteiger partial charge is 0.323 e. The van der Waals surface area contributed by atoms with E-state index in [4.69, 9.17) is 0 Å². The number of nitrogens with zero attached hydrogens (tertiary/aromatic N) is 1. The normalized spacial score (nSPS) is 25.4. The number of benzene rings is 1. The highest BCUT2D eigenvalue weighted by Crippen LogP contribution is 2.37. The van der Waals surface area contributed by atoms with E-state index in [1.807, 2.05) is 4.90 Å². The van der Waals surface area contributed by atoms with Crippen LogP contribution in [0, 0.1) is 5.82 Å². The summed E-state index contributed by atoms with van der Waals surface area (Å²) in [5, 5.41) is 18.6. The first-order chi connectivity index (χ1) is 8.86. The van der Waals surface area contributed by atoms with Crippen molar-refractivity contribution in [2.24, 2.45) is 0 Å². The molecule has 0 aliphatic carbocycles. The number of carboxylic acid groups (broad SMARTS) is 1. The molecule has 2 atom stereocenters. The molecule has 1 fully saturated rings. The van der Waals surface area contributed by atoms with E-state index in [0.29, 0.717) is 18.5 Å². The van der Waals surface area contributed by atoms with Crippen molar-refractivity contribution in [1.82, 2.24) is 4.90 Å². The number of aromatic hydroxyl groups is 1. The minimum Gasteiger partial charge on any atom is -0.508 e. The number of carboxylic acids is 1. The van der Waals surface area contributed by atoms with Gasteiger partial charge in [0.25, 0.3) is 0 Å². The van der Waals surface area contributed by atoms with Crippen LogP contribution in [0.4, 0.5) is 4.39 Å². The van der Waals surface area contributed by atoms with Gasteiger partial charge in [-0.3, -0.25) is 9.69 Å². The van der Waals surface area contributed by atoms with Crippen LogP contribution in [0.2, 0.25) is 0 Å². The van der Waals surface area contributed by atoms with E-state index in [2.05, 4.69) is 0 Å². The summed E-state index contributed by atoms with van der Waals surface area (Å²) in [6.45, 7) is 4.10. The molecular weight excluding hydrogens is 249 g/mol. The van der Waals surface area contributed by atoms with Crippen LogP contribution < -0.4 is 0 Å². The molecule has 0 aromatic heterocycles. The molecule has 1 aromatic rings. The number of aliphatic carboxylic acids is 1. The Morgan fingerprint density at radius 1 is 1.53 bits per heavy atom. The lowest BCUT2D eigenvalue weighted by atomic mass is 9.96. The molecule has 4 nitrogen and oxygen atoms in total. The second-order valence-corrected chi connectivity index (χ2v) is 5.26. The van der Waals surface area contributed by atoms with E-state index in [-0.39, 0.29) is 11.8 Å². The molecule has 1 aromatic carbocycles. The number of phenolic OH excluding ortho intramolecular Hbond substituents is 1. The van der Waals surface area contributed by atoms with E-state index in [0.717, 1.165) is 12.5 Å². The van der Waals surface area contributed by atoms with Gasteiger partial charge in [0.05, 0.1) is 0 Å². The maximum atomic E-state index is 13.9. The van der Waals surface area contributed by atoms with E-state index in [9.17, 15) is 19.4 Å². The summed E-state index contributed by atoms with van der Waals surface area (Å²) in [5.74, 6) is -1.51. The van der Waals surface area contributed by atoms with Gasteiger partial charge in [0.1, 0.15) is 17.1 Å². The summed E-state index contributed by atoms with van der Waals surface area (Å²) in [6.07, 6.45) is 1.35. The third-order valence-electron chi connectivity index (χ3n) is 4.06. The van der Waals surface area contributed by atoms with E-state index < -0.39 is 17.3 Å². The second kappa shape index (κ2) is 4.81. The predicted octanol–water partition coefficient (Wildman–Crippen LogP) is 2.53. The first-order valence-electron chi connectivity index (χ1n) is 6.35. The van der Waals surface area contributed by atoms with Crippen LogP contribution in [-0.2, 0) is 4.79 Å². The lowest BCUT2D eigenvalue weighted by molar-refractivity contribution is -0.149. The average molecular weight is 267 g/mol. The fourth-order valence-corrected chi connectivity index (χ4v) is 2.86. The van der Waals surface area contributed by atoms with Gasteiger partial charge in [-0.2, -0.15) is 0 Å². The van der Waals surface area contributed by atoms with Gasteiger partial charge in [-0.25, -0.2) is 4.39 Å². The van der Waals surface area contributed by atoms with E-state index >= 15 is 0 Å². The Bertz CT molecular complexity index is 505. The molecule has 2 unspecified atom stereocenters. The van der Waals surface area contributed by atoms with E-state index in [1.165, 1.54) is 12.1 Å². The number of hydrogen-bond acceptors (Lipinski definition) is 3. The Morgan fingerprint density at radius 3 is 2.79 bits per heavy atom. The fraction of sp³-hybridized carbons (Fsp3) is 0.500. The van der Waals surface area contributed by atoms with Crippen LogP contribution in [0.1, 0.15) is 38.3 Å². The van der Waals surface area contributed by atoms with Gasteiger partial charge >= 0.3 is 5.97 Å². The zero-order valence-electron chi connectivity index (χ0n) is 11.1. The quantitative estimate of drug-likeness (QED) is 0.883. The molecule has 5 heteroatoms. The van der Waals surface area contributed by atoms with Crippen molar-refractivity contribution in [3.63, 3.8) is 0 Å². The zero-order chi connectivity index (χ0) is 14.2. The molecule has 1 aliphatic rings. The topological polar surface area (TPSA) is 60.8 Å². The van der Waals surface area contributed by atoms with Crippen molar-refractivity contribution in [1.29, 1.82) is 0 Å². The zero-order valence-corrected chi connectivity index (χ0v) is 11.1. The highest BCUT2D eigenvalue weighted by molar-refractivity contribution is 5.78. The summed E-state index contributed by atoms with van der Waals surface area (Å²) >= 11 is 0. The SMILES string of the molecule is CC(c1ccc(O)cc1F)N1CCCC1(C)C(=O)O. The van der Waals surface area contributed by atoms with Crippen molar-refractivity contribution in [2.75, 3.05) is 6.54 Å². The average Bonchev–Trinajstić information content (AvgIpc) is 2.72. The minimum absolute atomic E-state index is 0.129. The standard InChI is InChI=1S/C14H18FNO3/c1-9(11-5-4-10(17)8-12(11)15)16-7-3-6-14(16,2)13(18)19/h4-5,8-9,17H,3,6-7H2,1-2H3,(H,18,19). The Kier molecular flexibility index (Phi) is 3.49. The molecule has 2 rings (SSSR count). The van der Waals surface area contributed by atoms with E-state index in [1.54, 1.807) is 13.8 Å². The number of hydrogen-bond donors (Lipinski definition) is 2. The molecule has 0 saturated carbocycles. The number of phenols is 1. The van der Waals surface area contributed by atoms with Crippen molar-refractivity contribution in [3.8, 4) is 5.75 Å². The van der Waals surface area contributed by atoms with Crippen molar-refractivity contribution in [3.05, 3.63) is 29.6 Å². The fourth-order valence-electron chi connectivity index (χ4n) is 2.86. The monoisotopic (exact) mass is 267 g/mol. The van der Waals surface area contributed by atoms with Crippen LogP contribution in [0.25, 0.3) is 0 Å². The molecular formula is C14H18FNO3. The summed E-state index contributed by atoms with van der Waals surface area (Å²) < 4.78 is 13.9. The number of halogens is 1. The van der Waals surface area contributed by atoms with Gasteiger partial charge in [0, 0.05) is 17.7 Å². The van der Waals surface area contributed by atoms with Crippen LogP contribution in [-0.4, -0.2) is 33.2 Å². The van der Waals surface area contributed by atoms with Crippen molar-refractivity contribution < 1.29 is 19.4 Å². The van der Waals surface area contributed by atoms with Gasteiger partial charge in [0.15, 0.2) is 0 Å². The third-order valence-corrected chi connectivity index (χ3v) is 4.06. The molecule has 0 amide bonds. The summed E-state index contributed by atoms with van der Waals surface area (Å²) in [7, 11) is 0. The van der Waals surface area contributed by atoms with Crippen LogP contribution in [0.3, 0.4) is 0 Å². The number of likely N-dealkylation sites (tertiary alicyclic amines) is 1. The predicted molar refractivity (Wildman–Crippen MR) is 68.5 cm³/mol. The highest BCUT2D eigenvalue weighted by Gasteiger charge is 2.45. The molecule has 0 spiro atoms. The summed E-state index contributed by atoms with van der Waals surface area (Å²) in [4.78, 5) is 13.2. The molecule has 1 saturated heterocycles. The number of rotatable bonds is 3. The Labute approximate surface area is 111 Å². The van der Waals surface area contributed by atoms with Gasteiger partial charge in [0.2, 0.25) is 0 Å². The Morgan fingerprint density at radius 2 is 2.21 bits per heavy atom. The van der Waals surface area contributed by atoms with Crippen LogP contribution in [0.5, 0.6) is 5.75 Å². The third kappa shape index (κ3) is 2.30. The lowest BCUT2D eigenvalue weighted by Gasteiger charge is -2.36. The van der Waals surface area contributed by atoms with Crippen LogP contribution in [0.15, 0.2) is 18.2 Å². The van der Waals surface area contributed by atoms with Gasteiger partial charge in [-0.05, 0) is 39.3 Å². The number of carbonyl (C=O) groups is 1. The molecule has 0 bridgehead atoms. The molecule has 1 heterocycles. The summed E-state index contributed by atoms with van der Waals surface area (Å²) in [5.41, 5.74) is -0.545. The molecule has 1 aliphatic heterocycles. The molecule has 104 valence electrons. The highest BCUT2D eigenvalue weighted by atomic mass is 19.1. The van der Waals surface area contributed by atoms with Gasteiger partial charge < -0.3 is 10.2 Å². The first-order valence-corrected chi connectivity index (χ1v) is 6.35. The van der Waals surface area contributed by atoms with Gasteiger partial charge in [-0.15, -0.1) is 0 Å². The maximum absolute atomic E-state index is 13.9. The minimum atomic E-state index is -0.955. The molecule has 2 N–H and O–H groups in total. The van der Waals surface area contributed by atoms with Gasteiger partial charge in [-0.1, -0.05) is 6.07 Å². The second-order valence-electron chi connectivity index (χ2n) is 5.26. The van der Waals surface area contributed by atoms with Crippen molar-refractivity contribution in [2.45, 2.75) is 38.3 Å². The lowest BCUT2D eigenvalue weighted by Crippen LogP contribution is -2.49. The first kappa shape index (κ1) is 13.8. The van der Waals surface area contributed by atoms with Crippen LogP contribution >= 0.6 is 0 Å².